The molecule has 3 atom stereocenters. The first-order valence-corrected chi connectivity index (χ1v) is 5.61. The molecule has 2 amide bonds. The smallest absolute Gasteiger partial charge is 0.233 e. The molecule has 1 aliphatic heterocycles. The van der Waals surface area contributed by atoms with Gasteiger partial charge in [0, 0.05) is 12.6 Å². The van der Waals surface area contributed by atoms with Crippen molar-refractivity contribution >= 4 is 11.8 Å². The van der Waals surface area contributed by atoms with Gasteiger partial charge in [0.25, 0.3) is 0 Å². The maximum absolute atomic E-state index is 11.9. The maximum Gasteiger partial charge on any atom is 0.233 e. The fourth-order valence-corrected chi connectivity index (χ4v) is 2.81. The summed E-state index contributed by atoms with van der Waals surface area (Å²) in [7, 11) is 0. The molecule has 1 saturated carbocycles. The number of carbonyl (C=O) groups excluding carboxylic acids is 2. The molecule has 0 radical (unpaired) electrons. The van der Waals surface area contributed by atoms with Gasteiger partial charge in [0.05, 0.1) is 11.8 Å². The molecule has 1 saturated heterocycles. The van der Waals surface area contributed by atoms with Crippen LogP contribution in [-0.2, 0) is 9.59 Å². The molecule has 0 spiro atoms. The fourth-order valence-electron chi connectivity index (χ4n) is 2.81. The summed E-state index contributed by atoms with van der Waals surface area (Å²) in [6.45, 7) is 4.30. The van der Waals surface area contributed by atoms with E-state index in [-0.39, 0.29) is 29.7 Å². The highest BCUT2D eigenvalue weighted by Crippen LogP contribution is 2.42. The number of hydrogen-bond donors (Lipinski definition) is 1. The Bertz CT molecular complexity index is 277. The number of rotatable bonds is 2. The molecule has 1 heterocycles. The number of nitrogens with zero attached hydrogens (tertiary/aromatic N) is 1. The second-order valence-electron chi connectivity index (χ2n) is 5.05. The number of carbonyl (C=O) groups is 2. The van der Waals surface area contributed by atoms with Crippen LogP contribution in [0.3, 0.4) is 0 Å². The first-order valence-electron chi connectivity index (χ1n) is 5.61. The van der Waals surface area contributed by atoms with Gasteiger partial charge in [-0.25, -0.2) is 0 Å². The number of likely N-dealkylation sites (tertiary alicyclic amines) is 1. The van der Waals surface area contributed by atoms with Gasteiger partial charge in [0.15, 0.2) is 0 Å². The van der Waals surface area contributed by atoms with Gasteiger partial charge in [-0.1, -0.05) is 6.92 Å². The molecular weight excluding hydrogens is 192 g/mol. The Hall–Kier alpha value is -0.900. The molecule has 0 aromatic heterocycles. The summed E-state index contributed by atoms with van der Waals surface area (Å²) in [5.41, 5.74) is 5.63. The normalized spacial score (nSPS) is 37.3. The van der Waals surface area contributed by atoms with Crippen LogP contribution in [0.1, 0.15) is 26.7 Å². The average Bonchev–Trinajstić information content (AvgIpc) is 2.61. The van der Waals surface area contributed by atoms with Crippen molar-refractivity contribution in [2.24, 2.45) is 23.5 Å². The number of fused-ring (bicyclic) bond motifs is 1. The summed E-state index contributed by atoms with van der Waals surface area (Å²) < 4.78 is 0. The lowest BCUT2D eigenvalue weighted by Crippen LogP contribution is -2.40. The van der Waals surface area contributed by atoms with Crippen LogP contribution in [0, 0.1) is 17.8 Å². The predicted octanol–water partition coefficient (Wildman–Crippen LogP) is 0.365. The first-order chi connectivity index (χ1) is 7.00. The molecule has 84 valence electrons. The van der Waals surface area contributed by atoms with E-state index in [1.165, 1.54) is 4.90 Å². The van der Waals surface area contributed by atoms with E-state index < -0.39 is 0 Å². The third kappa shape index (κ3) is 1.67. The molecule has 4 heteroatoms. The topological polar surface area (TPSA) is 63.4 Å². The molecule has 15 heavy (non-hydrogen) atoms. The van der Waals surface area contributed by atoms with Crippen molar-refractivity contribution in [1.82, 2.24) is 4.90 Å². The number of amides is 2. The summed E-state index contributed by atoms with van der Waals surface area (Å²) >= 11 is 0. The van der Waals surface area contributed by atoms with Crippen LogP contribution in [-0.4, -0.2) is 29.3 Å². The summed E-state index contributed by atoms with van der Waals surface area (Å²) in [6, 6.07) is -0.130. The molecule has 2 fully saturated rings. The molecule has 2 aliphatic rings. The Morgan fingerprint density at radius 2 is 1.80 bits per heavy atom. The van der Waals surface area contributed by atoms with Crippen molar-refractivity contribution in [3.8, 4) is 0 Å². The number of nitrogens with two attached hydrogens (primary N) is 1. The summed E-state index contributed by atoms with van der Waals surface area (Å²) in [6.07, 6.45) is 1.73. The highest BCUT2D eigenvalue weighted by Gasteiger charge is 2.51. The van der Waals surface area contributed by atoms with Crippen molar-refractivity contribution in [2.45, 2.75) is 32.7 Å². The van der Waals surface area contributed by atoms with E-state index in [1.807, 2.05) is 6.92 Å². The zero-order valence-electron chi connectivity index (χ0n) is 9.27. The number of hydrogen-bond acceptors (Lipinski definition) is 3. The molecule has 0 bridgehead atoms. The quantitative estimate of drug-likeness (QED) is 0.669. The second-order valence-corrected chi connectivity index (χ2v) is 5.05. The lowest BCUT2D eigenvalue weighted by molar-refractivity contribution is -0.140. The van der Waals surface area contributed by atoms with Crippen molar-refractivity contribution in [3.05, 3.63) is 0 Å². The van der Waals surface area contributed by atoms with Crippen LogP contribution in [0.2, 0.25) is 0 Å². The molecule has 0 aromatic rings. The van der Waals surface area contributed by atoms with Gasteiger partial charge in [0.1, 0.15) is 0 Å². The van der Waals surface area contributed by atoms with E-state index >= 15 is 0 Å². The van der Waals surface area contributed by atoms with Gasteiger partial charge >= 0.3 is 0 Å². The lowest BCUT2D eigenvalue weighted by atomic mass is 10.00. The Kier molecular flexibility index (Phi) is 2.54. The Morgan fingerprint density at radius 1 is 1.33 bits per heavy atom. The molecule has 1 aliphatic carbocycles. The monoisotopic (exact) mass is 210 g/mol. The maximum atomic E-state index is 11.9. The van der Waals surface area contributed by atoms with Crippen molar-refractivity contribution in [3.63, 3.8) is 0 Å². The average molecular weight is 210 g/mol. The van der Waals surface area contributed by atoms with Crippen molar-refractivity contribution < 1.29 is 9.59 Å². The standard InChI is InChI=1S/C11H18N2O2/c1-6-3-8-9(4-6)11(15)13(10(8)14)5-7(2)12/h6-9H,3-5,12H2,1-2H3. The molecular formula is C11H18N2O2. The van der Waals surface area contributed by atoms with Crippen LogP contribution in [0.4, 0.5) is 0 Å². The largest absolute Gasteiger partial charge is 0.326 e. The highest BCUT2D eigenvalue weighted by atomic mass is 16.2. The molecule has 4 nitrogen and oxygen atoms in total. The van der Waals surface area contributed by atoms with Crippen LogP contribution >= 0.6 is 0 Å². The van der Waals surface area contributed by atoms with E-state index in [0.717, 1.165) is 12.8 Å². The third-order valence-corrected chi connectivity index (χ3v) is 3.44. The van der Waals surface area contributed by atoms with Gasteiger partial charge in [-0.2, -0.15) is 0 Å². The van der Waals surface area contributed by atoms with E-state index in [0.29, 0.717) is 12.5 Å². The minimum atomic E-state index is -0.130. The van der Waals surface area contributed by atoms with Gasteiger partial charge < -0.3 is 5.73 Å². The highest BCUT2D eigenvalue weighted by molar-refractivity contribution is 6.05. The minimum absolute atomic E-state index is 0.00616. The fraction of sp³-hybridized carbons (Fsp3) is 0.818. The first kappa shape index (κ1) is 10.6. The Labute approximate surface area is 89.8 Å². The Balaban J connectivity index is 2.13. The van der Waals surface area contributed by atoms with E-state index in [2.05, 4.69) is 6.92 Å². The van der Waals surface area contributed by atoms with Crippen LogP contribution in [0.25, 0.3) is 0 Å². The van der Waals surface area contributed by atoms with Gasteiger partial charge in [-0.3, -0.25) is 14.5 Å². The lowest BCUT2D eigenvalue weighted by Gasteiger charge is -2.18. The second kappa shape index (κ2) is 3.59. The van der Waals surface area contributed by atoms with Crippen LogP contribution in [0.15, 0.2) is 0 Å². The van der Waals surface area contributed by atoms with Crippen LogP contribution < -0.4 is 5.73 Å². The zero-order valence-corrected chi connectivity index (χ0v) is 9.27. The van der Waals surface area contributed by atoms with Gasteiger partial charge in [-0.15, -0.1) is 0 Å². The minimum Gasteiger partial charge on any atom is -0.326 e. The summed E-state index contributed by atoms with van der Waals surface area (Å²) in [4.78, 5) is 25.2. The SMILES string of the molecule is CC(N)CN1C(=O)C2CC(C)CC2C1=O. The van der Waals surface area contributed by atoms with E-state index in [1.54, 1.807) is 0 Å². The predicted molar refractivity (Wildman–Crippen MR) is 55.7 cm³/mol. The van der Waals surface area contributed by atoms with Crippen LogP contribution in [0.5, 0.6) is 0 Å². The number of imide groups is 1. The zero-order chi connectivity index (χ0) is 11.2. The van der Waals surface area contributed by atoms with Gasteiger partial charge in [-0.05, 0) is 25.7 Å². The molecule has 2 N–H and O–H groups in total. The van der Waals surface area contributed by atoms with E-state index in [4.69, 9.17) is 5.73 Å². The van der Waals surface area contributed by atoms with E-state index in [9.17, 15) is 9.59 Å². The third-order valence-electron chi connectivity index (χ3n) is 3.44. The molecule has 3 unspecified atom stereocenters. The Morgan fingerprint density at radius 3 is 2.20 bits per heavy atom. The van der Waals surface area contributed by atoms with Gasteiger partial charge in [0.2, 0.25) is 11.8 Å². The molecule has 0 aromatic carbocycles. The summed E-state index contributed by atoms with van der Waals surface area (Å²) in [5.74, 6) is 0.418. The summed E-state index contributed by atoms with van der Waals surface area (Å²) in [5, 5.41) is 0. The molecule has 2 rings (SSSR count). The van der Waals surface area contributed by atoms with Crippen molar-refractivity contribution in [2.75, 3.05) is 6.54 Å². The van der Waals surface area contributed by atoms with Crippen molar-refractivity contribution in [1.29, 1.82) is 0 Å².